The number of hydrogen-bond donors (Lipinski definition) is 1. The first-order valence-electron chi connectivity index (χ1n) is 9.81. The second kappa shape index (κ2) is 7.33. The smallest absolute Gasteiger partial charge is 0.251 e. The van der Waals surface area contributed by atoms with Crippen molar-refractivity contribution < 1.29 is 14.4 Å². The number of carbonyl (C=O) groups is 3. The van der Waals surface area contributed by atoms with E-state index >= 15 is 0 Å². The highest BCUT2D eigenvalue weighted by Crippen LogP contribution is 2.47. The van der Waals surface area contributed by atoms with Crippen molar-refractivity contribution in [2.45, 2.75) is 45.4 Å². The van der Waals surface area contributed by atoms with E-state index in [1.165, 1.54) is 0 Å². The van der Waals surface area contributed by atoms with Crippen molar-refractivity contribution in [1.82, 2.24) is 10.2 Å². The van der Waals surface area contributed by atoms with Crippen LogP contribution >= 0.6 is 0 Å². The van der Waals surface area contributed by atoms with Crippen molar-refractivity contribution in [2.24, 2.45) is 5.92 Å². The first-order chi connectivity index (χ1) is 12.8. The van der Waals surface area contributed by atoms with Gasteiger partial charge < -0.3 is 15.1 Å². The minimum atomic E-state index is -0.626. The van der Waals surface area contributed by atoms with E-state index in [1.807, 2.05) is 37.8 Å². The van der Waals surface area contributed by atoms with Crippen LogP contribution in [0.15, 0.2) is 18.2 Å². The molecule has 1 fully saturated rings. The molecule has 0 unspecified atom stereocenters. The Morgan fingerprint density at radius 1 is 1.22 bits per heavy atom. The SMILES string of the molecule is CCCNC(=O)c1ccc2c(c1)C1(CCN(C(=O)C(C)C)CC1)C(=O)N2C. The third kappa shape index (κ3) is 3.22. The van der Waals surface area contributed by atoms with Gasteiger partial charge in [0, 0.05) is 43.9 Å². The van der Waals surface area contributed by atoms with Crippen LogP contribution in [0.1, 0.15) is 56.0 Å². The van der Waals surface area contributed by atoms with Gasteiger partial charge in [-0.1, -0.05) is 20.8 Å². The molecule has 27 heavy (non-hydrogen) atoms. The van der Waals surface area contributed by atoms with Gasteiger partial charge in [0.25, 0.3) is 5.91 Å². The van der Waals surface area contributed by atoms with E-state index in [-0.39, 0.29) is 23.6 Å². The lowest BCUT2D eigenvalue weighted by atomic mass is 9.73. The summed E-state index contributed by atoms with van der Waals surface area (Å²) in [6, 6.07) is 5.53. The molecule has 6 nitrogen and oxygen atoms in total. The van der Waals surface area contributed by atoms with Crippen molar-refractivity contribution >= 4 is 23.4 Å². The largest absolute Gasteiger partial charge is 0.352 e. The molecule has 0 aromatic heterocycles. The average Bonchev–Trinajstić information content (AvgIpc) is 2.88. The summed E-state index contributed by atoms with van der Waals surface area (Å²) in [6.45, 7) is 7.59. The molecule has 1 aromatic rings. The number of likely N-dealkylation sites (N-methyl/N-ethyl adjacent to an activating group) is 1. The second-order valence-electron chi connectivity index (χ2n) is 7.91. The summed E-state index contributed by atoms with van der Waals surface area (Å²) in [6.07, 6.45) is 2.07. The number of likely N-dealkylation sites (tertiary alicyclic amines) is 1. The standard InChI is InChI=1S/C21H29N3O3/c1-5-10-22-18(25)15-6-7-17-16(13-15)21(20(27)23(17)4)8-11-24(12-9-21)19(26)14(2)3/h6-7,13-14H,5,8-12H2,1-4H3,(H,22,25). The van der Waals surface area contributed by atoms with Crippen LogP contribution in [0, 0.1) is 5.92 Å². The molecule has 2 aliphatic rings. The van der Waals surface area contributed by atoms with E-state index in [0.29, 0.717) is 38.0 Å². The first-order valence-corrected chi connectivity index (χ1v) is 9.81. The Kier molecular flexibility index (Phi) is 5.27. The zero-order valence-corrected chi connectivity index (χ0v) is 16.7. The second-order valence-corrected chi connectivity index (χ2v) is 7.91. The summed E-state index contributed by atoms with van der Waals surface area (Å²) in [4.78, 5) is 41.4. The van der Waals surface area contributed by atoms with Gasteiger partial charge in [-0.25, -0.2) is 0 Å². The van der Waals surface area contributed by atoms with Gasteiger partial charge in [0.2, 0.25) is 11.8 Å². The highest BCUT2D eigenvalue weighted by atomic mass is 16.2. The Bertz CT molecular complexity index is 764. The predicted octanol–water partition coefficient (Wildman–Crippen LogP) is 2.32. The third-order valence-electron chi connectivity index (χ3n) is 5.81. The van der Waals surface area contributed by atoms with Crippen molar-refractivity contribution in [3.63, 3.8) is 0 Å². The maximum Gasteiger partial charge on any atom is 0.251 e. The number of amides is 3. The van der Waals surface area contributed by atoms with Crippen molar-refractivity contribution in [2.75, 3.05) is 31.6 Å². The van der Waals surface area contributed by atoms with Gasteiger partial charge in [-0.2, -0.15) is 0 Å². The molecule has 1 saturated heterocycles. The Hall–Kier alpha value is -2.37. The molecule has 3 rings (SSSR count). The number of hydrogen-bond acceptors (Lipinski definition) is 3. The molecule has 0 aliphatic carbocycles. The summed E-state index contributed by atoms with van der Waals surface area (Å²) in [5.41, 5.74) is 1.76. The van der Waals surface area contributed by atoms with Crippen LogP contribution in [0.4, 0.5) is 5.69 Å². The molecule has 0 radical (unpaired) electrons. The quantitative estimate of drug-likeness (QED) is 0.883. The number of piperidine rings is 1. The maximum absolute atomic E-state index is 13.1. The zero-order chi connectivity index (χ0) is 19.8. The van der Waals surface area contributed by atoms with Gasteiger partial charge in [0.15, 0.2) is 0 Å². The lowest BCUT2D eigenvalue weighted by Gasteiger charge is -2.39. The van der Waals surface area contributed by atoms with Crippen LogP contribution < -0.4 is 10.2 Å². The highest BCUT2D eigenvalue weighted by molar-refractivity contribution is 6.09. The Morgan fingerprint density at radius 2 is 1.89 bits per heavy atom. The minimum Gasteiger partial charge on any atom is -0.352 e. The Labute approximate surface area is 160 Å². The first kappa shape index (κ1) is 19.4. The summed E-state index contributed by atoms with van der Waals surface area (Å²) in [7, 11) is 1.79. The van der Waals surface area contributed by atoms with Crippen LogP contribution in [-0.4, -0.2) is 49.3 Å². The number of carbonyl (C=O) groups excluding carboxylic acids is 3. The van der Waals surface area contributed by atoms with Crippen LogP contribution in [0.5, 0.6) is 0 Å². The number of anilines is 1. The van der Waals surface area contributed by atoms with Crippen LogP contribution in [0.2, 0.25) is 0 Å². The fourth-order valence-corrected chi connectivity index (χ4v) is 4.20. The molecule has 3 amide bonds. The zero-order valence-electron chi connectivity index (χ0n) is 16.7. The number of benzene rings is 1. The van der Waals surface area contributed by atoms with Gasteiger partial charge in [0.05, 0.1) is 5.41 Å². The van der Waals surface area contributed by atoms with E-state index in [0.717, 1.165) is 17.7 Å². The van der Waals surface area contributed by atoms with E-state index in [9.17, 15) is 14.4 Å². The Morgan fingerprint density at radius 3 is 2.48 bits per heavy atom. The van der Waals surface area contributed by atoms with Crippen LogP contribution in [0.25, 0.3) is 0 Å². The normalized spacial score (nSPS) is 18.2. The molecule has 2 aliphatic heterocycles. The summed E-state index contributed by atoms with van der Waals surface area (Å²) in [5, 5.41) is 2.90. The number of rotatable bonds is 4. The van der Waals surface area contributed by atoms with Crippen LogP contribution in [0.3, 0.4) is 0 Å². The fraction of sp³-hybridized carbons (Fsp3) is 0.571. The predicted molar refractivity (Wildman–Crippen MR) is 105 cm³/mol. The van der Waals surface area contributed by atoms with E-state index in [4.69, 9.17) is 0 Å². The van der Waals surface area contributed by atoms with Gasteiger partial charge >= 0.3 is 0 Å². The van der Waals surface area contributed by atoms with E-state index < -0.39 is 5.41 Å². The molecule has 0 saturated carbocycles. The lowest BCUT2D eigenvalue weighted by Crippen LogP contribution is -2.50. The van der Waals surface area contributed by atoms with Crippen molar-refractivity contribution in [3.8, 4) is 0 Å². The highest BCUT2D eigenvalue weighted by Gasteiger charge is 2.51. The third-order valence-corrected chi connectivity index (χ3v) is 5.81. The molecule has 1 aromatic carbocycles. The minimum absolute atomic E-state index is 0.0397. The number of fused-ring (bicyclic) bond motifs is 2. The molecule has 1 N–H and O–H groups in total. The van der Waals surface area contributed by atoms with Crippen LogP contribution in [-0.2, 0) is 15.0 Å². The number of nitrogens with zero attached hydrogens (tertiary/aromatic N) is 2. The average molecular weight is 371 g/mol. The lowest BCUT2D eigenvalue weighted by molar-refractivity contribution is -0.138. The van der Waals surface area contributed by atoms with Crippen molar-refractivity contribution in [1.29, 1.82) is 0 Å². The maximum atomic E-state index is 13.1. The fourth-order valence-electron chi connectivity index (χ4n) is 4.20. The van der Waals surface area contributed by atoms with Gasteiger partial charge in [-0.15, -0.1) is 0 Å². The van der Waals surface area contributed by atoms with Gasteiger partial charge in [0.1, 0.15) is 0 Å². The summed E-state index contributed by atoms with van der Waals surface area (Å²) < 4.78 is 0. The molecular formula is C21H29N3O3. The van der Waals surface area contributed by atoms with Gasteiger partial charge in [-0.3, -0.25) is 14.4 Å². The van der Waals surface area contributed by atoms with Gasteiger partial charge in [-0.05, 0) is 43.0 Å². The van der Waals surface area contributed by atoms with E-state index in [2.05, 4.69) is 5.32 Å². The monoisotopic (exact) mass is 371 g/mol. The topological polar surface area (TPSA) is 69.7 Å². The van der Waals surface area contributed by atoms with Crippen molar-refractivity contribution in [3.05, 3.63) is 29.3 Å². The molecule has 0 bridgehead atoms. The summed E-state index contributed by atoms with van der Waals surface area (Å²) >= 11 is 0. The summed E-state index contributed by atoms with van der Waals surface area (Å²) in [5.74, 6) is 0.0585. The van der Waals surface area contributed by atoms with E-state index in [1.54, 1.807) is 18.0 Å². The molecule has 146 valence electrons. The Balaban J connectivity index is 1.90. The molecule has 2 heterocycles. The molecular weight excluding hydrogens is 342 g/mol. The molecule has 6 heteroatoms. The molecule has 1 spiro atoms. The molecule has 0 atom stereocenters. The number of nitrogens with one attached hydrogen (secondary N) is 1.